The van der Waals surface area contributed by atoms with Crippen LogP contribution in [0.25, 0.3) is 11.0 Å². The highest BCUT2D eigenvalue weighted by atomic mass is 16.5. The number of hydrogen-bond acceptors (Lipinski definition) is 5. The molecule has 1 atom stereocenters. The monoisotopic (exact) mass is 365 g/mol. The molecule has 0 bridgehead atoms. The minimum atomic E-state index is -0.772. The normalized spacial score (nSPS) is 11.8. The third kappa shape index (κ3) is 4.23. The number of benzene rings is 2. The molecule has 2 aromatic carbocycles. The number of hydrogen-bond donors (Lipinski definition) is 1. The summed E-state index contributed by atoms with van der Waals surface area (Å²) in [5, 5.41) is 3.54. The Morgan fingerprint density at radius 3 is 2.44 bits per heavy atom. The summed E-state index contributed by atoms with van der Waals surface area (Å²) in [6, 6.07) is 13.2. The molecule has 0 spiro atoms. The molecule has 0 aliphatic carbocycles. The number of carbonyl (C=O) groups excluding carboxylic acids is 2. The zero-order valence-electron chi connectivity index (χ0n) is 15.2. The van der Waals surface area contributed by atoms with Crippen molar-refractivity contribution in [3.8, 4) is 5.75 Å². The molecule has 0 saturated carbocycles. The van der Waals surface area contributed by atoms with Crippen molar-refractivity contribution in [2.24, 2.45) is 0 Å². The number of Topliss-reactive ketones (excluding diaryl/α,β-unsaturated/α-hetero) is 1. The summed E-state index contributed by atoms with van der Waals surface area (Å²) in [4.78, 5) is 35.1. The Kier molecular flexibility index (Phi) is 5.07. The van der Waals surface area contributed by atoms with Crippen LogP contribution in [0.15, 0.2) is 57.7 Å². The topological polar surface area (TPSA) is 85.6 Å². The summed E-state index contributed by atoms with van der Waals surface area (Å²) in [5.74, 6) is 0.0463. The first kappa shape index (κ1) is 18.4. The largest absolute Gasteiger partial charge is 0.481 e. The minimum absolute atomic E-state index is 0.0391. The van der Waals surface area contributed by atoms with Gasteiger partial charge in [0.15, 0.2) is 11.9 Å². The van der Waals surface area contributed by atoms with Gasteiger partial charge < -0.3 is 14.5 Å². The average Bonchev–Trinajstić information content (AvgIpc) is 2.61. The fourth-order valence-electron chi connectivity index (χ4n) is 2.67. The van der Waals surface area contributed by atoms with Crippen molar-refractivity contribution in [2.75, 3.05) is 5.32 Å². The number of rotatable bonds is 5. The molecule has 138 valence electrons. The first-order valence-corrected chi connectivity index (χ1v) is 8.46. The van der Waals surface area contributed by atoms with E-state index in [1.807, 2.05) is 6.92 Å². The predicted molar refractivity (Wildman–Crippen MR) is 102 cm³/mol. The Bertz CT molecular complexity index is 1070. The molecule has 3 aromatic rings. The highest BCUT2D eigenvalue weighted by molar-refractivity contribution is 5.96. The number of ether oxygens (including phenoxy) is 1. The molecule has 1 aromatic heterocycles. The van der Waals surface area contributed by atoms with Crippen molar-refractivity contribution in [3.63, 3.8) is 0 Å². The number of ketones is 1. The highest BCUT2D eigenvalue weighted by Gasteiger charge is 2.16. The Balaban J connectivity index is 1.71. The van der Waals surface area contributed by atoms with Crippen LogP contribution < -0.4 is 15.7 Å². The quantitative estimate of drug-likeness (QED) is 0.550. The third-order valence-electron chi connectivity index (χ3n) is 4.16. The van der Waals surface area contributed by atoms with Crippen LogP contribution >= 0.6 is 0 Å². The molecular weight excluding hydrogens is 346 g/mol. The van der Waals surface area contributed by atoms with Crippen molar-refractivity contribution >= 4 is 28.3 Å². The molecule has 1 amide bonds. The van der Waals surface area contributed by atoms with E-state index in [9.17, 15) is 14.4 Å². The van der Waals surface area contributed by atoms with E-state index >= 15 is 0 Å². The summed E-state index contributed by atoms with van der Waals surface area (Å²) in [7, 11) is 0. The van der Waals surface area contributed by atoms with Crippen LogP contribution in [-0.4, -0.2) is 17.8 Å². The lowest BCUT2D eigenvalue weighted by molar-refractivity contribution is -0.122. The standard InChI is InChI=1S/C21H19NO5/c1-12-10-20(24)27-19-11-17(8-9-18(12)19)26-14(3)21(25)22-16-6-4-15(5-7-16)13(2)23/h4-11,14H,1-3H3,(H,22,25). The second kappa shape index (κ2) is 7.45. The Hall–Kier alpha value is -3.41. The lowest BCUT2D eigenvalue weighted by Crippen LogP contribution is -2.30. The van der Waals surface area contributed by atoms with Gasteiger partial charge in [0.05, 0.1) is 0 Å². The van der Waals surface area contributed by atoms with Crippen LogP contribution in [0.5, 0.6) is 5.75 Å². The second-order valence-electron chi connectivity index (χ2n) is 6.29. The number of nitrogens with one attached hydrogen (secondary N) is 1. The smallest absolute Gasteiger partial charge is 0.336 e. The molecule has 1 unspecified atom stereocenters. The number of fused-ring (bicyclic) bond motifs is 1. The molecule has 0 aliphatic rings. The molecular formula is C21H19NO5. The van der Waals surface area contributed by atoms with Crippen LogP contribution in [0.4, 0.5) is 5.69 Å². The molecule has 0 fully saturated rings. The van der Waals surface area contributed by atoms with Crippen LogP contribution in [0.3, 0.4) is 0 Å². The van der Waals surface area contributed by atoms with Crippen molar-refractivity contribution in [3.05, 3.63) is 70.1 Å². The summed E-state index contributed by atoms with van der Waals surface area (Å²) < 4.78 is 10.9. The van der Waals surface area contributed by atoms with Gasteiger partial charge in [0.2, 0.25) is 0 Å². The van der Waals surface area contributed by atoms with Gasteiger partial charge in [-0.15, -0.1) is 0 Å². The highest BCUT2D eigenvalue weighted by Crippen LogP contribution is 2.23. The van der Waals surface area contributed by atoms with Gasteiger partial charge in [0.1, 0.15) is 11.3 Å². The predicted octanol–water partition coefficient (Wildman–Crippen LogP) is 3.71. The van der Waals surface area contributed by atoms with Crippen molar-refractivity contribution in [1.29, 1.82) is 0 Å². The van der Waals surface area contributed by atoms with Crippen molar-refractivity contribution in [2.45, 2.75) is 26.9 Å². The maximum absolute atomic E-state index is 12.3. The van der Waals surface area contributed by atoms with Gasteiger partial charge >= 0.3 is 5.63 Å². The van der Waals surface area contributed by atoms with Gasteiger partial charge in [-0.2, -0.15) is 0 Å². The molecule has 1 heterocycles. The summed E-state index contributed by atoms with van der Waals surface area (Å²) in [5.41, 5.74) is 1.93. The van der Waals surface area contributed by atoms with Gasteiger partial charge in [-0.25, -0.2) is 4.79 Å². The summed E-state index contributed by atoms with van der Waals surface area (Å²) >= 11 is 0. The molecule has 3 rings (SSSR count). The van der Waals surface area contributed by atoms with E-state index in [0.29, 0.717) is 22.6 Å². The Labute approximate surface area is 155 Å². The number of carbonyl (C=O) groups is 2. The van der Waals surface area contributed by atoms with E-state index in [0.717, 1.165) is 10.9 Å². The van der Waals surface area contributed by atoms with Crippen LogP contribution in [0.1, 0.15) is 29.8 Å². The first-order valence-electron chi connectivity index (χ1n) is 8.46. The van der Waals surface area contributed by atoms with E-state index in [1.54, 1.807) is 49.4 Å². The maximum atomic E-state index is 12.3. The fraction of sp³-hybridized carbons (Fsp3) is 0.190. The van der Waals surface area contributed by atoms with Crippen molar-refractivity contribution < 1.29 is 18.7 Å². The maximum Gasteiger partial charge on any atom is 0.336 e. The van der Waals surface area contributed by atoms with E-state index in [1.165, 1.54) is 13.0 Å². The summed E-state index contributed by atoms with van der Waals surface area (Å²) in [6.45, 7) is 4.93. The van der Waals surface area contributed by atoms with Crippen LogP contribution in [-0.2, 0) is 4.79 Å². The zero-order valence-corrected chi connectivity index (χ0v) is 15.2. The Morgan fingerprint density at radius 1 is 1.07 bits per heavy atom. The summed E-state index contributed by atoms with van der Waals surface area (Å²) in [6.07, 6.45) is -0.772. The molecule has 6 nitrogen and oxygen atoms in total. The molecule has 0 saturated heterocycles. The second-order valence-corrected chi connectivity index (χ2v) is 6.29. The third-order valence-corrected chi connectivity index (χ3v) is 4.16. The molecule has 0 aliphatic heterocycles. The van der Waals surface area contributed by atoms with Gasteiger partial charge in [-0.1, -0.05) is 0 Å². The SMILES string of the molecule is CC(=O)c1ccc(NC(=O)C(C)Oc2ccc3c(C)cc(=O)oc3c2)cc1. The molecule has 27 heavy (non-hydrogen) atoms. The number of aryl methyl sites for hydroxylation is 1. The van der Waals surface area contributed by atoms with Gasteiger partial charge in [-0.05, 0) is 62.7 Å². The van der Waals surface area contributed by atoms with E-state index in [2.05, 4.69) is 5.32 Å². The lowest BCUT2D eigenvalue weighted by atomic mass is 10.1. The van der Waals surface area contributed by atoms with Gasteiger partial charge in [0.25, 0.3) is 5.91 Å². The van der Waals surface area contributed by atoms with E-state index in [4.69, 9.17) is 9.15 Å². The Morgan fingerprint density at radius 2 is 1.78 bits per heavy atom. The first-order chi connectivity index (χ1) is 12.8. The molecule has 1 N–H and O–H groups in total. The van der Waals surface area contributed by atoms with Crippen LogP contribution in [0.2, 0.25) is 0 Å². The molecule has 0 radical (unpaired) electrons. The van der Waals surface area contributed by atoms with Gasteiger partial charge in [0, 0.05) is 28.8 Å². The number of amides is 1. The fourth-order valence-corrected chi connectivity index (χ4v) is 2.67. The minimum Gasteiger partial charge on any atom is -0.481 e. The zero-order chi connectivity index (χ0) is 19.6. The average molecular weight is 365 g/mol. The van der Waals surface area contributed by atoms with Gasteiger partial charge in [-0.3, -0.25) is 9.59 Å². The lowest BCUT2D eigenvalue weighted by Gasteiger charge is -2.15. The number of anilines is 1. The van der Waals surface area contributed by atoms with E-state index in [-0.39, 0.29) is 11.7 Å². The van der Waals surface area contributed by atoms with E-state index < -0.39 is 11.7 Å². The van der Waals surface area contributed by atoms with Crippen LogP contribution in [0, 0.1) is 6.92 Å². The molecule has 6 heteroatoms. The van der Waals surface area contributed by atoms with Crippen molar-refractivity contribution in [1.82, 2.24) is 0 Å².